The van der Waals surface area contributed by atoms with Gasteiger partial charge in [0.05, 0.1) is 11.5 Å². The summed E-state index contributed by atoms with van der Waals surface area (Å²) in [6, 6.07) is 0. The molecular weight excluding hydrogens is 226 g/mol. The van der Waals surface area contributed by atoms with Gasteiger partial charge in [0.15, 0.2) is 9.84 Å². The minimum absolute atomic E-state index is 0.280. The van der Waals surface area contributed by atoms with E-state index in [1.165, 1.54) is 0 Å². The molecule has 5 heteroatoms. The average molecular weight is 249 g/mol. The molecule has 0 bridgehead atoms. The maximum absolute atomic E-state index is 11.4. The highest BCUT2D eigenvalue weighted by molar-refractivity contribution is 7.91. The lowest BCUT2D eigenvalue weighted by atomic mass is 10.2. The lowest BCUT2D eigenvalue weighted by Gasteiger charge is -2.18. The second-order valence-electron chi connectivity index (χ2n) is 4.48. The van der Waals surface area contributed by atoms with Crippen molar-refractivity contribution in [3.8, 4) is 0 Å². The summed E-state index contributed by atoms with van der Waals surface area (Å²) in [6.45, 7) is 2.89. The number of hydrogen-bond acceptors (Lipinski definition) is 4. The number of hydrogen-bond donors (Lipinski definition) is 1. The standard InChI is InChI=1S/C11H23NO3S/c13-9-4-2-1-3-6-12-7-5-10-16(14,15)11-8-12/h13H,1-11H2. The Labute approximate surface area is 98.6 Å². The molecule has 1 aliphatic heterocycles. The van der Waals surface area contributed by atoms with E-state index in [-0.39, 0.29) is 6.61 Å². The van der Waals surface area contributed by atoms with Crippen molar-refractivity contribution in [2.24, 2.45) is 0 Å². The van der Waals surface area contributed by atoms with Crippen LogP contribution in [0.1, 0.15) is 32.1 Å². The number of nitrogens with zero attached hydrogens (tertiary/aromatic N) is 1. The largest absolute Gasteiger partial charge is 0.396 e. The zero-order valence-corrected chi connectivity index (χ0v) is 10.7. The molecule has 0 aromatic rings. The Kier molecular flexibility index (Phi) is 6.31. The molecule has 0 aliphatic carbocycles. The summed E-state index contributed by atoms with van der Waals surface area (Å²) in [5.74, 6) is 0.678. The van der Waals surface area contributed by atoms with Crippen molar-refractivity contribution in [3.63, 3.8) is 0 Å². The van der Waals surface area contributed by atoms with E-state index in [2.05, 4.69) is 4.90 Å². The van der Waals surface area contributed by atoms with Gasteiger partial charge in [0, 0.05) is 13.2 Å². The molecule has 1 aliphatic rings. The Morgan fingerprint density at radius 1 is 1.00 bits per heavy atom. The van der Waals surface area contributed by atoms with Crippen molar-refractivity contribution < 1.29 is 13.5 Å². The van der Waals surface area contributed by atoms with Gasteiger partial charge in [-0.1, -0.05) is 12.8 Å². The third-order valence-electron chi connectivity index (χ3n) is 3.03. The van der Waals surface area contributed by atoms with Crippen LogP contribution in [-0.2, 0) is 9.84 Å². The maximum Gasteiger partial charge on any atom is 0.151 e. The van der Waals surface area contributed by atoms with Crippen LogP contribution in [-0.4, -0.2) is 56.2 Å². The first-order chi connectivity index (χ1) is 7.64. The SMILES string of the molecule is O=S1(=O)CCCN(CCCCCCO)CC1. The minimum Gasteiger partial charge on any atom is -0.396 e. The molecule has 0 aromatic heterocycles. The van der Waals surface area contributed by atoms with Gasteiger partial charge in [0.25, 0.3) is 0 Å². The van der Waals surface area contributed by atoms with Crippen LogP contribution in [0.2, 0.25) is 0 Å². The molecule has 0 spiro atoms. The first-order valence-corrected chi connectivity index (χ1v) is 8.00. The predicted molar refractivity (Wildman–Crippen MR) is 65.3 cm³/mol. The lowest BCUT2D eigenvalue weighted by Crippen LogP contribution is -2.28. The number of unbranched alkanes of at least 4 members (excludes halogenated alkanes) is 3. The minimum atomic E-state index is -2.77. The highest BCUT2D eigenvalue weighted by atomic mass is 32.2. The van der Waals surface area contributed by atoms with E-state index < -0.39 is 9.84 Å². The Balaban J connectivity index is 2.13. The molecule has 0 unspecified atom stereocenters. The van der Waals surface area contributed by atoms with Crippen LogP contribution in [0, 0.1) is 0 Å². The molecule has 0 atom stereocenters. The Morgan fingerprint density at radius 3 is 2.50 bits per heavy atom. The monoisotopic (exact) mass is 249 g/mol. The van der Waals surface area contributed by atoms with Gasteiger partial charge in [-0.05, 0) is 32.4 Å². The third-order valence-corrected chi connectivity index (χ3v) is 4.75. The van der Waals surface area contributed by atoms with Crippen LogP contribution in [0.5, 0.6) is 0 Å². The molecule has 1 fully saturated rings. The highest BCUT2D eigenvalue weighted by Crippen LogP contribution is 2.07. The smallest absolute Gasteiger partial charge is 0.151 e. The fraction of sp³-hybridized carbons (Fsp3) is 1.00. The second kappa shape index (κ2) is 7.25. The van der Waals surface area contributed by atoms with Crippen molar-refractivity contribution in [1.29, 1.82) is 0 Å². The topological polar surface area (TPSA) is 57.6 Å². The third kappa shape index (κ3) is 5.82. The summed E-state index contributed by atoms with van der Waals surface area (Å²) in [6.07, 6.45) is 4.97. The summed E-state index contributed by atoms with van der Waals surface area (Å²) in [4.78, 5) is 2.25. The Morgan fingerprint density at radius 2 is 1.75 bits per heavy atom. The molecule has 96 valence electrons. The molecular formula is C11H23NO3S. The lowest BCUT2D eigenvalue weighted by molar-refractivity contribution is 0.270. The predicted octanol–water partition coefficient (Wildman–Crippen LogP) is 0.660. The van der Waals surface area contributed by atoms with Crippen LogP contribution < -0.4 is 0 Å². The molecule has 1 N–H and O–H groups in total. The highest BCUT2D eigenvalue weighted by Gasteiger charge is 2.18. The molecule has 16 heavy (non-hydrogen) atoms. The van der Waals surface area contributed by atoms with Crippen LogP contribution in [0.15, 0.2) is 0 Å². The zero-order valence-electron chi connectivity index (χ0n) is 9.90. The molecule has 1 heterocycles. The van der Waals surface area contributed by atoms with Crippen molar-refractivity contribution in [3.05, 3.63) is 0 Å². The zero-order chi connectivity index (χ0) is 11.9. The van der Waals surface area contributed by atoms with E-state index in [9.17, 15) is 8.42 Å². The van der Waals surface area contributed by atoms with E-state index in [0.29, 0.717) is 18.1 Å². The van der Waals surface area contributed by atoms with Gasteiger partial charge in [0.1, 0.15) is 0 Å². The van der Waals surface area contributed by atoms with Gasteiger partial charge in [0.2, 0.25) is 0 Å². The second-order valence-corrected chi connectivity index (χ2v) is 6.79. The van der Waals surface area contributed by atoms with E-state index in [4.69, 9.17) is 5.11 Å². The molecule has 0 saturated carbocycles. The number of aliphatic hydroxyl groups is 1. The number of aliphatic hydroxyl groups excluding tert-OH is 1. The average Bonchev–Trinajstić information content (AvgIpc) is 2.40. The normalized spacial score (nSPS) is 21.8. The van der Waals surface area contributed by atoms with Crippen LogP contribution in [0.4, 0.5) is 0 Å². The summed E-state index contributed by atoms with van der Waals surface area (Å²) in [7, 11) is -2.77. The molecule has 0 aromatic carbocycles. The van der Waals surface area contributed by atoms with Gasteiger partial charge in [-0.3, -0.25) is 0 Å². The van der Waals surface area contributed by atoms with Crippen LogP contribution in [0.3, 0.4) is 0 Å². The van der Waals surface area contributed by atoms with Gasteiger partial charge in [-0.2, -0.15) is 0 Å². The Hall–Kier alpha value is -0.130. The van der Waals surface area contributed by atoms with Crippen molar-refractivity contribution in [2.45, 2.75) is 32.1 Å². The van der Waals surface area contributed by atoms with E-state index in [1.54, 1.807) is 0 Å². The first kappa shape index (κ1) is 13.9. The molecule has 4 nitrogen and oxygen atoms in total. The summed E-state index contributed by atoms with van der Waals surface area (Å²) < 4.78 is 22.8. The van der Waals surface area contributed by atoms with Gasteiger partial charge >= 0.3 is 0 Å². The summed E-state index contributed by atoms with van der Waals surface area (Å²) >= 11 is 0. The molecule has 1 saturated heterocycles. The van der Waals surface area contributed by atoms with Gasteiger partial charge in [-0.15, -0.1) is 0 Å². The fourth-order valence-corrected chi connectivity index (χ4v) is 3.32. The van der Waals surface area contributed by atoms with Gasteiger partial charge in [-0.25, -0.2) is 8.42 Å². The van der Waals surface area contributed by atoms with Gasteiger partial charge < -0.3 is 10.0 Å². The summed E-state index contributed by atoms with van der Waals surface area (Å²) in [5.41, 5.74) is 0. The van der Waals surface area contributed by atoms with E-state index >= 15 is 0 Å². The van der Waals surface area contributed by atoms with E-state index in [0.717, 1.165) is 45.2 Å². The van der Waals surface area contributed by atoms with Crippen LogP contribution in [0.25, 0.3) is 0 Å². The maximum atomic E-state index is 11.4. The molecule has 0 amide bonds. The molecule has 1 rings (SSSR count). The fourth-order valence-electron chi connectivity index (χ4n) is 2.01. The number of rotatable bonds is 6. The number of sulfone groups is 1. The quantitative estimate of drug-likeness (QED) is 0.703. The Bertz CT molecular complexity index is 277. The van der Waals surface area contributed by atoms with Crippen LogP contribution >= 0.6 is 0 Å². The van der Waals surface area contributed by atoms with Crippen molar-refractivity contribution in [1.82, 2.24) is 4.90 Å². The van der Waals surface area contributed by atoms with E-state index in [1.807, 2.05) is 0 Å². The van der Waals surface area contributed by atoms with Crippen molar-refractivity contribution >= 4 is 9.84 Å². The summed E-state index contributed by atoms with van der Waals surface area (Å²) in [5, 5.41) is 8.63. The first-order valence-electron chi connectivity index (χ1n) is 6.18. The van der Waals surface area contributed by atoms with Crippen molar-refractivity contribution in [2.75, 3.05) is 37.7 Å². The molecule has 0 radical (unpaired) electrons.